The molecule has 0 aliphatic carbocycles. The van der Waals surface area contributed by atoms with Crippen molar-refractivity contribution in [1.82, 2.24) is 15.1 Å². The molecule has 2 amide bonds. The van der Waals surface area contributed by atoms with E-state index in [2.05, 4.69) is 11.4 Å². The van der Waals surface area contributed by atoms with Crippen molar-refractivity contribution < 1.29 is 18.7 Å². The van der Waals surface area contributed by atoms with Gasteiger partial charge in [-0.1, -0.05) is 60.2 Å². The molecule has 5 rings (SSSR count). The number of nitrogens with zero attached hydrogens (tertiary/aromatic N) is 3. The molecule has 0 spiro atoms. The fraction of sp³-hybridized carbons (Fsp3) is 0.281. The molecule has 2 heterocycles. The van der Waals surface area contributed by atoms with E-state index in [4.69, 9.17) is 9.84 Å². The van der Waals surface area contributed by atoms with Crippen LogP contribution in [0.5, 0.6) is 0 Å². The lowest BCUT2D eigenvalue weighted by Gasteiger charge is -2.24. The molecule has 7 nitrogen and oxygen atoms in total. The third-order valence-electron chi connectivity index (χ3n) is 7.04. The second-order valence-electron chi connectivity index (χ2n) is 10.1. The predicted octanol–water partition coefficient (Wildman–Crippen LogP) is 5.62. The van der Waals surface area contributed by atoms with Crippen molar-refractivity contribution in [1.29, 1.82) is 0 Å². The van der Waals surface area contributed by atoms with E-state index in [1.165, 1.54) is 23.9 Å². The number of ether oxygens (including phenoxy) is 1. The molecule has 212 valence electrons. The van der Waals surface area contributed by atoms with Crippen molar-refractivity contribution in [3.05, 3.63) is 101 Å². The zero-order valence-corrected chi connectivity index (χ0v) is 24.2. The number of rotatable bonds is 9. The quantitative estimate of drug-likeness (QED) is 0.264. The molecule has 0 unspecified atom stereocenters. The van der Waals surface area contributed by atoms with Crippen LogP contribution in [0.3, 0.4) is 0 Å². The van der Waals surface area contributed by atoms with Gasteiger partial charge in [0.05, 0.1) is 22.4 Å². The average molecular weight is 573 g/mol. The van der Waals surface area contributed by atoms with Crippen molar-refractivity contribution in [3.63, 3.8) is 0 Å². The molecule has 1 aromatic heterocycles. The van der Waals surface area contributed by atoms with Crippen LogP contribution in [0.25, 0.3) is 16.9 Å². The van der Waals surface area contributed by atoms with Gasteiger partial charge in [0.1, 0.15) is 18.2 Å². The van der Waals surface area contributed by atoms with E-state index in [0.29, 0.717) is 31.1 Å². The molecule has 1 aliphatic rings. The Morgan fingerprint density at radius 3 is 2.56 bits per heavy atom. The van der Waals surface area contributed by atoms with Crippen LogP contribution in [0.1, 0.15) is 33.9 Å². The molecule has 1 aliphatic heterocycles. The van der Waals surface area contributed by atoms with Crippen LogP contribution in [0, 0.1) is 19.7 Å². The molecular formula is C32H33FN4O3S. The number of aromatic nitrogens is 2. The Kier molecular flexibility index (Phi) is 8.85. The van der Waals surface area contributed by atoms with Gasteiger partial charge in [0, 0.05) is 31.4 Å². The lowest BCUT2D eigenvalue weighted by molar-refractivity contribution is -0.122. The van der Waals surface area contributed by atoms with Crippen molar-refractivity contribution in [2.45, 2.75) is 25.5 Å². The number of halogens is 1. The zero-order chi connectivity index (χ0) is 28.9. The van der Waals surface area contributed by atoms with Crippen molar-refractivity contribution in [2.24, 2.45) is 0 Å². The minimum atomic E-state index is -0.329. The summed E-state index contributed by atoms with van der Waals surface area (Å²) in [6.45, 7) is 4.86. The van der Waals surface area contributed by atoms with Gasteiger partial charge in [-0.2, -0.15) is 5.10 Å². The number of carbonyl (C=O) groups excluding carboxylic acids is 2. The SMILES string of the molecule is COCCCNC(=O)CN1C(=O)CS[C@@H](c2ccc(F)cc2)c2c(-c3ccccc3)nn(-c3ccc(C)cc3C)c21. The van der Waals surface area contributed by atoms with Gasteiger partial charge >= 0.3 is 0 Å². The highest BCUT2D eigenvalue weighted by molar-refractivity contribution is 8.00. The van der Waals surface area contributed by atoms with Gasteiger partial charge in [0.25, 0.3) is 0 Å². The number of methoxy groups -OCH3 is 1. The number of amides is 2. The smallest absolute Gasteiger partial charge is 0.240 e. The first-order valence-electron chi connectivity index (χ1n) is 13.6. The Bertz CT molecular complexity index is 1540. The Labute approximate surface area is 243 Å². The topological polar surface area (TPSA) is 76.5 Å². The molecule has 1 N–H and O–H groups in total. The highest BCUT2D eigenvalue weighted by Crippen LogP contribution is 2.48. The number of hydrogen-bond donors (Lipinski definition) is 1. The summed E-state index contributed by atoms with van der Waals surface area (Å²) in [6.07, 6.45) is 0.669. The Morgan fingerprint density at radius 1 is 1.10 bits per heavy atom. The van der Waals surface area contributed by atoms with E-state index in [-0.39, 0.29) is 35.2 Å². The summed E-state index contributed by atoms with van der Waals surface area (Å²) in [5.74, 6) is -0.0926. The van der Waals surface area contributed by atoms with Gasteiger partial charge in [-0.25, -0.2) is 9.07 Å². The minimum Gasteiger partial charge on any atom is -0.385 e. The summed E-state index contributed by atoms with van der Waals surface area (Å²) in [5.41, 5.74) is 6.18. The van der Waals surface area contributed by atoms with Gasteiger partial charge < -0.3 is 10.1 Å². The van der Waals surface area contributed by atoms with E-state index in [1.807, 2.05) is 56.3 Å². The lowest BCUT2D eigenvalue weighted by Crippen LogP contribution is -2.42. The number of hydrogen-bond acceptors (Lipinski definition) is 5. The van der Waals surface area contributed by atoms with Gasteiger partial charge in [0.15, 0.2) is 0 Å². The Morgan fingerprint density at radius 2 is 1.85 bits per heavy atom. The van der Waals surface area contributed by atoms with Gasteiger partial charge in [0.2, 0.25) is 11.8 Å². The normalized spacial score (nSPS) is 15.0. The molecule has 0 saturated heterocycles. The van der Waals surface area contributed by atoms with Crippen molar-refractivity contribution in [3.8, 4) is 16.9 Å². The van der Waals surface area contributed by atoms with E-state index < -0.39 is 0 Å². The van der Waals surface area contributed by atoms with E-state index >= 15 is 0 Å². The second kappa shape index (κ2) is 12.7. The number of thioether (sulfide) groups is 1. The number of fused-ring (bicyclic) bond motifs is 1. The zero-order valence-electron chi connectivity index (χ0n) is 23.4. The van der Waals surface area contributed by atoms with E-state index in [0.717, 1.165) is 33.5 Å². The first-order chi connectivity index (χ1) is 19.9. The molecule has 4 aromatic rings. The van der Waals surface area contributed by atoms with Crippen LogP contribution in [0.15, 0.2) is 72.8 Å². The third kappa shape index (κ3) is 6.21. The summed E-state index contributed by atoms with van der Waals surface area (Å²) >= 11 is 1.46. The number of anilines is 1. The summed E-state index contributed by atoms with van der Waals surface area (Å²) in [5, 5.41) is 7.71. The van der Waals surface area contributed by atoms with Crippen LogP contribution in [-0.2, 0) is 14.3 Å². The number of carbonyl (C=O) groups is 2. The lowest BCUT2D eigenvalue weighted by atomic mass is 9.99. The van der Waals surface area contributed by atoms with Gasteiger partial charge in [-0.15, -0.1) is 11.8 Å². The second-order valence-corrected chi connectivity index (χ2v) is 11.2. The van der Waals surface area contributed by atoms with Crippen LogP contribution in [0.4, 0.5) is 10.2 Å². The summed E-state index contributed by atoms with van der Waals surface area (Å²) in [4.78, 5) is 28.5. The molecule has 1 atom stereocenters. The van der Waals surface area contributed by atoms with Crippen molar-refractivity contribution in [2.75, 3.05) is 37.5 Å². The number of benzene rings is 3. The fourth-order valence-corrected chi connectivity index (χ4v) is 6.28. The summed E-state index contributed by atoms with van der Waals surface area (Å²) < 4.78 is 20.8. The summed E-state index contributed by atoms with van der Waals surface area (Å²) in [6, 6.07) is 22.3. The molecule has 41 heavy (non-hydrogen) atoms. The van der Waals surface area contributed by atoms with Crippen LogP contribution < -0.4 is 10.2 Å². The van der Waals surface area contributed by atoms with E-state index in [9.17, 15) is 14.0 Å². The molecule has 0 bridgehead atoms. The molecular weight excluding hydrogens is 539 g/mol. The summed E-state index contributed by atoms with van der Waals surface area (Å²) in [7, 11) is 1.62. The first kappa shape index (κ1) is 28.6. The maximum Gasteiger partial charge on any atom is 0.240 e. The Hall–Kier alpha value is -3.95. The maximum atomic E-state index is 14.0. The largest absolute Gasteiger partial charge is 0.385 e. The highest BCUT2D eigenvalue weighted by Gasteiger charge is 2.37. The van der Waals surface area contributed by atoms with Gasteiger partial charge in [-0.3, -0.25) is 14.5 Å². The monoisotopic (exact) mass is 572 g/mol. The highest BCUT2D eigenvalue weighted by atomic mass is 32.2. The molecule has 9 heteroatoms. The molecule has 0 radical (unpaired) electrons. The van der Waals surface area contributed by atoms with Crippen LogP contribution in [-0.4, -0.2) is 54.2 Å². The minimum absolute atomic E-state index is 0.148. The number of aryl methyl sites for hydroxylation is 2. The van der Waals surface area contributed by atoms with Crippen LogP contribution in [0.2, 0.25) is 0 Å². The fourth-order valence-electron chi connectivity index (χ4n) is 5.08. The Balaban J connectivity index is 1.73. The number of nitrogens with one attached hydrogen (secondary N) is 1. The predicted molar refractivity (Wildman–Crippen MR) is 161 cm³/mol. The van der Waals surface area contributed by atoms with Crippen molar-refractivity contribution >= 4 is 29.4 Å². The van der Waals surface area contributed by atoms with Crippen LogP contribution >= 0.6 is 11.8 Å². The van der Waals surface area contributed by atoms with Gasteiger partial charge in [-0.05, 0) is 49.6 Å². The maximum absolute atomic E-state index is 14.0. The average Bonchev–Trinajstić information content (AvgIpc) is 3.28. The molecule has 3 aromatic carbocycles. The first-order valence-corrected chi connectivity index (χ1v) is 14.6. The third-order valence-corrected chi connectivity index (χ3v) is 8.29. The van der Waals surface area contributed by atoms with E-state index in [1.54, 1.807) is 28.8 Å². The standard InChI is InChI=1S/C32H33FN4O3S/c1-21-10-15-26(22(2)18-21)37-32-29(30(35-37)23-8-5-4-6-9-23)31(24-11-13-25(33)14-12-24)41-20-28(39)36(32)19-27(38)34-16-7-17-40-3/h4-6,8-15,18,31H,7,16-17,19-20H2,1-3H3,(H,34,38)/t31-/m0/s1. The molecule has 0 saturated carbocycles. The molecule has 0 fully saturated rings.